The van der Waals surface area contributed by atoms with Crippen LogP contribution in [0.3, 0.4) is 0 Å². The number of carbonyl (C=O) groups is 2. The summed E-state index contributed by atoms with van der Waals surface area (Å²) in [6.07, 6.45) is 3.29. The van der Waals surface area contributed by atoms with Gasteiger partial charge in [-0.2, -0.15) is 4.31 Å². The molecule has 4 aliphatic rings. The van der Waals surface area contributed by atoms with Gasteiger partial charge in [-0.25, -0.2) is 13.2 Å². The molecule has 4 unspecified atom stereocenters. The third-order valence-corrected chi connectivity index (χ3v) is 11.5. The molecule has 3 aliphatic heterocycles. The number of carbonyl (C=O) groups excluding carboxylic acids is 2. The molecule has 1 N–H and O–H groups in total. The number of sulfonamides is 1. The summed E-state index contributed by atoms with van der Waals surface area (Å²) in [6.45, 7) is 1.71. The molecule has 0 bridgehead atoms. The molecule has 1 aliphatic carbocycles. The van der Waals surface area contributed by atoms with E-state index in [1.54, 1.807) is 11.0 Å². The molecule has 1 saturated carbocycles. The Hall–Kier alpha value is -1.53. The van der Waals surface area contributed by atoms with Gasteiger partial charge in [0, 0.05) is 42.4 Å². The van der Waals surface area contributed by atoms with Crippen molar-refractivity contribution in [1.82, 2.24) is 14.1 Å². The Morgan fingerprint density at radius 2 is 1.74 bits per heavy atom. The van der Waals surface area contributed by atoms with Crippen LogP contribution in [0, 0.1) is 11.6 Å². The second-order valence-corrected chi connectivity index (χ2v) is 14.5. The molecule has 0 spiro atoms. The molecule has 4 fully saturated rings. The summed E-state index contributed by atoms with van der Waals surface area (Å²) in [7, 11) is -4.11. The lowest BCUT2D eigenvalue weighted by atomic mass is 9.96. The maximum atomic E-state index is 14.3. The third-order valence-electron chi connectivity index (χ3n) is 8.39. The number of nitrogens with one attached hydrogen (secondary N) is 1. The monoisotopic (exact) mass is 656 g/mol. The van der Waals surface area contributed by atoms with Crippen LogP contribution in [0.1, 0.15) is 31.2 Å². The van der Waals surface area contributed by atoms with E-state index in [2.05, 4.69) is 20.8 Å². The molecule has 3 heterocycles. The Morgan fingerprint density at radius 1 is 1.05 bits per heavy atom. The van der Waals surface area contributed by atoms with Crippen molar-refractivity contribution in [3.05, 3.63) is 62.5 Å². The zero-order valence-corrected chi connectivity index (χ0v) is 25.2. The number of quaternary nitrogens is 1. The van der Waals surface area contributed by atoms with Gasteiger partial charge in [-0.05, 0) is 49.7 Å². The van der Waals surface area contributed by atoms with E-state index < -0.39 is 28.3 Å². The highest BCUT2D eigenvalue weighted by Crippen LogP contribution is 2.34. The average Bonchev–Trinajstić information content (AvgIpc) is 3.59. The van der Waals surface area contributed by atoms with Crippen LogP contribution in [0.4, 0.5) is 0 Å². The van der Waals surface area contributed by atoms with Crippen LogP contribution >= 0.6 is 27.5 Å². The van der Waals surface area contributed by atoms with Gasteiger partial charge in [0.25, 0.3) is 0 Å². The van der Waals surface area contributed by atoms with E-state index in [4.69, 9.17) is 23.2 Å². The van der Waals surface area contributed by atoms with Crippen LogP contribution in [0.15, 0.2) is 51.8 Å². The van der Waals surface area contributed by atoms with Crippen molar-refractivity contribution < 1.29 is 34.5 Å². The SMILES string of the molecule is O=C1C(N2CCCC2)CN(S(=O)(=O)c2ccc([ClH+])cc2Cl)C2C[NH+](C3CC3)C(=O)C(Cc3ccc(Br)cc3)N12. The van der Waals surface area contributed by atoms with E-state index in [1.807, 2.05) is 24.3 Å². The Bertz CT molecular complexity index is 1400. The Kier molecular flexibility index (Phi) is 7.58. The quantitative estimate of drug-likeness (QED) is 0.511. The summed E-state index contributed by atoms with van der Waals surface area (Å²) < 4.78 is 30.9. The van der Waals surface area contributed by atoms with Gasteiger partial charge in [0.15, 0.2) is 17.6 Å². The predicted octanol–water partition coefficient (Wildman–Crippen LogP) is 1.62. The van der Waals surface area contributed by atoms with Crippen LogP contribution in [-0.4, -0.2) is 84.8 Å². The fraction of sp³-hybridized carbons (Fsp3) is 0.481. The first kappa shape index (κ1) is 27.6. The van der Waals surface area contributed by atoms with Gasteiger partial charge < -0.3 is 4.90 Å². The standard InChI is InChI=1S/C27H30BrCl2N4O4S/c28-18-5-3-17(4-6-18)13-22-26(35)32(20-8-9-20)16-25-33(39(37,38)24-10-7-19(29)14-21(24)30)15-23(27(36)34(22)25)31-11-1-2-12-31/h3-7,10,14,20,22-23,25,29H,1-2,8-9,11-13,15-16H2/q+1/p+1. The molecule has 0 radical (unpaired) electrons. The second kappa shape index (κ2) is 10.7. The average molecular weight is 658 g/mol. The number of benzene rings is 2. The lowest BCUT2D eigenvalue weighted by Gasteiger charge is -2.52. The molecule has 2 aromatic rings. The Morgan fingerprint density at radius 3 is 2.38 bits per heavy atom. The Labute approximate surface area is 247 Å². The van der Waals surface area contributed by atoms with Crippen molar-refractivity contribution in [2.24, 2.45) is 0 Å². The van der Waals surface area contributed by atoms with Crippen molar-refractivity contribution in [3.8, 4) is 0 Å². The molecule has 12 heteroatoms. The first-order chi connectivity index (χ1) is 18.6. The number of hydrogen-bond acceptors (Lipinski definition) is 5. The van der Waals surface area contributed by atoms with Crippen LogP contribution in [-0.2, 0) is 26.0 Å². The molecule has 2 amide bonds. The van der Waals surface area contributed by atoms with E-state index in [0.29, 0.717) is 11.4 Å². The molecule has 4 atom stereocenters. The summed E-state index contributed by atoms with van der Waals surface area (Å²) in [5, 5.41) is 0.514. The number of likely N-dealkylation sites (tertiary alicyclic amines) is 1. The second-order valence-electron chi connectivity index (χ2n) is 10.9. The van der Waals surface area contributed by atoms with Gasteiger partial charge in [0.2, 0.25) is 21.0 Å². The van der Waals surface area contributed by atoms with Crippen molar-refractivity contribution in [2.45, 2.75) is 61.3 Å². The Balaban J connectivity index is 1.45. The van der Waals surface area contributed by atoms with Crippen LogP contribution in [0.2, 0.25) is 10.0 Å². The molecule has 39 heavy (non-hydrogen) atoms. The third kappa shape index (κ3) is 5.18. The molecule has 3 saturated heterocycles. The first-order valence-electron chi connectivity index (χ1n) is 13.3. The van der Waals surface area contributed by atoms with E-state index in [9.17, 15) is 18.0 Å². The molecular formula is C27H31BrCl2N4O4S+2. The first-order valence-corrected chi connectivity index (χ1v) is 16.4. The smallest absolute Gasteiger partial charge is 0.303 e. The highest BCUT2D eigenvalue weighted by atomic mass is 79.9. The summed E-state index contributed by atoms with van der Waals surface area (Å²) >= 11 is 15.1. The zero-order chi connectivity index (χ0) is 27.5. The molecule has 2 aromatic carbocycles. The van der Waals surface area contributed by atoms with Crippen LogP contribution < -0.4 is 4.90 Å². The molecule has 0 aromatic heterocycles. The lowest BCUT2D eigenvalue weighted by molar-refractivity contribution is -0.842. The molecule has 6 rings (SSSR count). The lowest BCUT2D eigenvalue weighted by Crippen LogP contribution is -3.21. The van der Waals surface area contributed by atoms with Crippen LogP contribution in [0.5, 0.6) is 0 Å². The highest BCUT2D eigenvalue weighted by Gasteiger charge is 2.59. The van der Waals surface area contributed by atoms with Gasteiger partial charge in [-0.3, -0.25) is 14.6 Å². The molecule has 208 valence electrons. The van der Waals surface area contributed by atoms with Crippen LogP contribution in [0.25, 0.3) is 0 Å². The highest BCUT2D eigenvalue weighted by molar-refractivity contribution is 9.10. The predicted molar refractivity (Wildman–Crippen MR) is 147 cm³/mol. The van der Waals surface area contributed by atoms with Gasteiger partial charge in [0.1, 0.15) is 23.6 Å². The van der Waals surface area contributed by atoms with Crippen molar-refractivity contribution in [1.29, 1.82) is 0 Å². The number of rotatable bonds is 6. The minimum absolute atomic E-state index is 0.0263. The van der Waals surface area contributed by atoms with Gasteiger partial charge in [-0.15, -0.1) is 0 Å². The number of amides is 2. The van der Waals surface area contributed by atoms with E-state index in [-0.39, 0.29) is 40.9 Å². The summed E-state index contributed by atoms with van der Waals surface area (Å²) in [6, 6.07) is 10.9. The number of nitrogens with zero attached hydrogens (tertiary/aromatic N) is 3. The maximum absolute atomic E-state index is 14.3. The van der Waals surface area contributed by atoms with Crippen molar-refractivity contribution >= 4 is 49.4 Å². The fourth-order valence-electron chi connectivity index (χ4n) is 6.26. The molecule has 8 nitrogen and oxygen atoms in total. The van der Waals surface area contributed by atoms with Gasteiger partial charge in [0.05, 0.1) is 11.1 Å². The van der Waals surface area contributed by atoms with E-state index >= 15 is 0 Å². The zero-order valence-electron chi connectivity index (χ0n) is 21.3. The minimum Gasteiger partial charge on any atom is -0.303 e. The van der Waals surface area contributed by atoms with Gasteiger partial charge >= 0.3 is 5.91 Å². The van der Waals surface area contributed by atoms with E-state index in [1.165, 1.54) is 16.4 Å². The number of hydrogen-bond donors (Lipinski definition) is 1. The minimum atomic E-state index is -4.11. The maximum Gasteiger partial charge on any atom is 0.335 e. The number of piperazine rings is 1. The summed E-state index contributed by atoms with van der Waals surface area (Å²) in [5.41, 5.74) is 0.918. The van der Waals surface area contributed by atoms with E-state index in [0.717, 1.165) is 53.7 Å². The van der Waals surface area contributed by atoms with Gasteiger partial charge in [-0.1, -0.05) is 39.7 Å². The normalized spacial score (nSPS) is 28.6. The number of fused-ring (bicyclic) bond motifs is 1. The molecular weight excluding hydrogens is 627 g/mol. The van der Waals surface area contributed by atoms with Crippen molar-refractivity contribution in [3.63, 3.8) is 0 Å². The number of halogens is 3. The topological polar surface area (TPSA) is 82.4 Å². The largest absolute Gasteiger partial charge is 0.335 e. The van der Waals surface area contributed by atoms with Crippen molar-refractivity contribution in [2.75, 3.05) is 26.2 Å². The summed E-state index contributed by atoms with van der Waals surface area (Å²) in [5.74, 6) is -0.191. The summed E-state index contributed by atoms with van der Waals surface area (Å²) in [4.78, 5) is 32.6. The fourth-order valence-corrected chi connectivity index (χ4v) is 8.88.